The Hall–Kier alpha value is -0.630. The summed E-state index contributed by atoms with van der Waals surface area (Å²) in [6.07, 6.45) is 1.85. The lowest BCUT2D eigenvalue weighted by Crippen LogP contribution is -1.48. The summed E-state index contributed by atoms with van der Waals surface area (Å²) in [7, 11) is 0. The normalized spacial score (nSPS) is 6.30. The molecule has 0 fully saturated rings. The van der Waals surface area contributed by atoms with E-state index < -0.39 is 0 Å². The second-order valence-corrected chi connectivity index (χ2v) is 2.20. The van der Waals surface area contributed by atoms with Gasteiger partial charge < -0.3 is 0 Å². The first-order chi connectivity index (χ1) is 4.89. The van der Waals surface area contributed by atoms with Gasteiger partial charge in [-0.3, -0.25) is 4.98 Å². The van der Waals surface area contributed by atoms with Crippen LogP contribution in [-0.2, 0) is 0 Å². The molecule has 1 heterocycles. The van der Waals surface area contributed by atoms with E-state index in [-0.39, 0.29) is 0 Å². The molecule has 1 aromatic heterocycles. The summed E-state index contributed by atoms with van der Waals surface area (Å²) < 4.78 is 0. The Labute approximate surface area is 67.4 Å². The molecule has 0 radical (unpaired) electrons. The number of hydrogen-bond donors (Lipinski definition) is 0. The lowest BCUT2D eigenvalue weighted by molar-refractivity contribution is 1.39. The second kappa shape index (κ2) is 11.2. The van der Waals surface area contributed by atoms with E-state index in [4.69, 9.17) is 0 Å². The third-order valence-corrected chi connectivity index (χ3v) is 1.26. The van der Waals surface area contributed by atoms with Gasteiger partial charge in [-0.1, -0.05) is 13.8 Å². The smallest absolute Gasteiger partial charge is 0.0794 e. The monoisotopic (exact) mass is 157 g/mol. The first kappa shape index (κ1) is 12.1. The molecule has 1 aromatic rings. The minimum Gasteiger partial charge on any atom is -0.253 e. The number of aryl methyl sites for hydroxylation is 1. The van der Waals surface area contributed by atoms with Crippen molar-refractivity contribution in [2.45, 2.75) is 20.8 Å². The van der Waals surface area contributed by atoms with Gasteiger partial charge >= 0.3 is 0 Å². The van der Waals surface area contributed by atoms with Gasteiger partial charge in [-0.2, -0.15) is 0 Å². The summed E-state index contributed by atoms with van der Waals surface area (Å²) in [6, 6.07) is 0. The first-order valence-corrected chi connectivity index (χ1v) is 4.12. The Bertz CT molecular complexity index is 124. The van der Waals surface area contributed by atoms with Crippen LogP contribution in [0.15, 0.2) is 24.9 Å². The molecular weight excluding hydrogens is 142 g/mol. The molecule has 0 spiro atoms. The molecule has 0 saturated heterocycles. The summed E-state index contributed by atoms with van der Waals surface area (Å²) in [6.45, 7) is 12.0. The lowest BCUT2D eigenvalue weighted by Gasteiger charge is -1.63. The zero-order valence-electron chi connectivity index (χ0n) is 6.92. The van der Waals surface area contributed by atoms with Crippen LogP contribution in [-0.4, -0.2) is 4.98 Å². The largest absolute Gasteiger partial charge is 0.253 e. The van der Waals surface area contributed by atoms with Gasteiger partial charge in [-0.05, 0) is 6.92 Å². The molecule has 0 bridgehead atoms. The van der Waals surface area contributed by atoms with Crippen LogP contribution in [0.2, 0.25) is 0 Å². The number of rotatable bonds is 0. The summed E-state index contributed by atoms with van der Waals surface area (Å²) in [5.41, 5.74) is 1.83. The van der Waals surface area contributed by atoms with Gasteiger partial charge in [0.15, 0.2) is 0 Å². The molecule has 0 aliphatic heterocycles. The van der Waals surface area contributed by atoms with E-state index in [1.165, 1.54) is 4.88 Å². The van der Waals surface area contributed by atoms with E-state index in [1.54, 1.807) is 11.3 Å². The van der Waals surface area contributed by atoms with Crippen LogP contribution in [0.4, 0.5) is 0 Å². The number of aromatic nitrogens is 1. The van der Waals surface area contributed by atoms with E-state index in [1.807, 2.05) is 32.5 Å². The molecule has 1 nitrogen and oxygen atoms in total. The maximum atomic E-state index is 3.84. The molecule has 0 aromatic carbocycles. The van der Waals surface area contributed by atoms with Gasteiger partial charge in [-0.15, -0.1) is 24.5 Å². The predicted molar refractivity (Wildman–Crippen MR) is 49.5 cm³/mol. The van der Waals surface area contributed by atoms with Gasteiger partial charge in [0.25, 0.3) is 0 Å². The third-order valence-electron chi connectivity index (χ3n) is 0.556. The fraction of sp³-hybridized carbons (Fsp3) is 0.375. The number of thiazole rings is 1. The minimum absolute atomic E-state index is 1.27. The molecule has 10 heavy (non-hydrogen) atoms. The van der Waals surface area contributed by atoms with Crippen molar-refractivity contribution in [3.05, 3.63) is 29.7 Å². The quantitative estimate of drug-likeness (QED) is 0.527. The van der Waals surface area contributed by atoms with E-state index >= 15 is 0 Å². The van der Waals surface area contributed by atoms with Crippen LogP contribution in [0.1, 0.15) is 18.7 Å². The minimum atomic E-state index is 1.27. The van der Waals surface area contributed by atoms with Crippen LogP contribution in [0.25, 0.3) is 0 Å². The lowest BCUT2D eigenvalue weighted by atomic mass is 10.7. The SMILES string of the molecule is C=C.CC.Cc1cncs1. The Morgan fingerprint density at radius 1 is 1.40 bits per heavy atom. The Kier molecular flexibility index (Phi) is 13.5. The topological polar surface area (TPSA) is 12.9 Å². The maximum Gasteiger partial charge on any atom is 0.0794 e. The molecular formula is C8H15NS. The van der Waals surface area contributed by atoms with E-state index in [0.717, 1.165) is 0 Å². The molecule has 2 heteroatoms. The van der Waals surface area contributed by atoms with Crippen LogP contribution >= 0.6 is 11.3 Å². The zero-order valence-corrected chi connectivity index (χ0v) is 7.74. The van der Waals surface area contributed by atoms with E-state index in [2.05, 4.69) is 18.1 Å². The highest BCUT2D eigenvalue weighted by Gasteiger charge is 1.76. The highest BCUT2D eigenvalue weighted by Crippen LogP contribution is 1.99. The number of nitrogens with zero attached hydrogens (tertiary/aromatic N) is 1. The van der Waals surface area contributed by atoms with Crippen molar-refractivity contribution >= 4 is 11.3 Å². The summed E-state index contributed by atoms with van der Waals surface area (Å²) in [4.78, 5) is 5.11. The molecule has 1 rings (SSSR count). The van der Waals surface area contributed by atoms with Crippen molar-refractivity contribution < 1.29 is 0 Å². The maximum absolute atomic E-state index is 3.84. The van der Waals surface area contributed by atoms with Crippen molar-refractivity contribution in [3.63, 3.8) is 0 Å². The summed E-state index contributed by atoms with van der Waals surface area (Å²) >= 11 is 1.67. The average Bonchev–Trinajstić information content (AvgIpc) is 2.48. The van der Waals surface area contributed by atoms with Gasteiger partial charge in [-0.25, -0.2) is 0 Å². The highest BCUT2D eigenvalue weighted by atomic mass is 32.1. The van der Waals surface area contributed by atoms with Crippen molar-refractivity contribution in [1.29, 1.82) is 0 Å². The van der Waals surface area contributed by atoms with Crippen LogP contribution in [0, 0.1) is 6.92 Å². The summed E-state index contributed by atoms with van der Waals surface area (Å²) in [5.74, 6) is 0. The predicted octanol–water partition coefficient (Wildman–Crippen LogP) is 3.28. The van der Waals surface area contributed by atoms with E-state index in [9.17, 15) is 0 Å². The molecule has 0 unspecified atom stereocenters. The molecule has 0 aliphatic carbocycles. The standard InChI is InChI=1S/C4H5NS.C2H6.C2H4/c1-4-2-5-3-6-4;2*1-2/h2-3H,1H3;1-2H3;1-2H2. The highest BCUT2D eigenvalue weighted by molar-refractivity contribution is 7.09. The third kappa shape index (κ3) is 7.37. The van der Waals surface area contributed by atoms with Gasteiger partial charge in [0.2, 0.25) is 0 Å². The molecule has 0 N–H and O–H groups in total. The van der Waals surface area contributed by atoms with Gasteiger partial charge in [0.05, 0.1) is 5.51 Å². The Morgan fingerprint density at radius 2 is 1.90 bits per heavy atom. The van der Waals surface area contributed by atoms with Gasteiger partial charge in [0.1, 0.15) is 0 Å². The fourth-order valence-electron chi connectivity index (χ4n) is 0.279. The van der Waals surface area contributed by atoms with E-state index in [0.29, 0.717) is 0 Å². The zero-order chi connectivity index (χ0) is 8.41. The van der Waals surface area contributed by atoms with Crippen LogP contribution in [0.3, 0.4) is 0 Å². The molecule has 0 saturated carbocycles. The summed E-state index contributed by atoms with van der Waals surface area (Å²) in [5, 5.41) is 0. The molecule has 0 aliphatic rings. The fourth-order valence-corrected chi connectivity index (χ4v) is 0.689. The molecule has 0 amide bonds. The van der Waals surface area contributed by atoms with Crippen molar-refractivity contribution in [3.8, 4) is 0 Å². The van der Waals surface area contributed by atoms with Crippen LogP contribution in [0.5, 0.6) is 0 Å². The molecule has 58 valence electrons. The second-order valence-electron chi connectivity index (χ2n) is 1.11. The number of hydrogen-bond acceptors (Lipinski definition) is 2. The van der Waals surface area contributed by atoms with Gasteiger partial charge in [0, 0.05) is 11.1 Å². The molecule has 0 atom stereocenters. The van der Waals surface area contributed by atoms with Crippen molar-refractivity contribution in [2.75, 3.05) is 0 Å². The van der Waals surface area contributed by atoms with Crippen molar-refractivity contribution in [1.82, 2.24) is 4.98 Å². The van der Waals surface area contributed by atoms with Crippen LogP contribution < -0.4 is 0 Å². The van der Waals surface area contributed by atoms with Crippen molar-refractivity contribution in [2.24, 2.45) is 0 Å². The average molecular weight is 157 g/mol. The first-order valence-electron chi connectivity index (χ1n) is 3.24. The Balaban J connectivity index is 0. The Morgan fingerprint density at radius 3 is 2.00 bits per heavy atom.